The first-order chi connectivity index (χ1) is 17.3. The first kappa shape index (κ1) is 24.7. The molecule has 0 aliphatic carbocycles. The molecule has 36 heavy (non-hydrogen) atoms. The summed E-state index contributed by atoms with van der Waals surface area (Å²) in [6.45, 7) is 3.12. The van der Waals surface area contributed by atoms with Gasteiger partial charge in [-0.1, -0.05) is 29.0 Å². The van der Waals surface area contributed by atoms with Gasteiger partial charge >= 0.3 is 0 Å². The number of rotatable bonds is 7. The van der Waals surface area contributed by atoms with Crippen molar-refractivity contribution in [3.05, 3.63) is 82.9 Å². The fraction of sp³-hybridized carbons (Fsp3) is 0.231. The van der Waals surface area contributed by atoms with Gasteiger partial charge in [-0.25, -0.2) is 13.4 Å². The maximum atomic E-state index is 13.6. The number of aromatic nitrogens is 1. The van der Waals surface area contributed by atoms with Crippen molar-refractivity contribution in [2.75, 3.05) is 22.8 Å². The number of nitrogens with zero attached hydrogens (tertiary/aromatic N) is 2. The van der Waals surface area contributed by atoms with Crippen LogP contribution in [0.3, 0.4) is 0 Å². The summed E-state index contributed by atoms with van der Waals surface area (Å²) >= 11 is 7.33. The lowest BCUT2D eigenvalue weighted by Crippen LogP contribution is -2.37. The highest BCUT2D eigenvalue weighted by Gasteiger charge is 2.27. The second kappa shape index (κ2) is 10.2. The number of benzene rings is 3. The summed E-state index contributed by atoms with van der Waals surface area (Å²) in [6, 6.07) is 18.3. The summed E-state index contributed by atoms with van der Waals surface area (Å²) in [5.74, 6) is -0.214. The van der Waals surface area contributed by atoms with E-state index in [0.717, 1.165) is 28.6 Å². The molecule has 0 bridgehead atoms. The molecule has 1 unspecified atom stereocenters. The highest BCUT2D eigenvalue weighted by molar-refractivity contribution is 7.92. The van der Waals surface area contributed by atoms with Gasteiger partial charge in [0, 0.05) is 22.9 Å². The number of aryl methyl sites for hydroxylation is 1. The third-order valence-electron chi connectivity index (χ3n) is 5.93. The SMILES string of the molecule is Cc1ccc2nc(N(CC3CCCO3)C(=O)c3ccc(NS(=O)(=O)c4ccc(Cl)cc4)cc3)sc2c1. The molecule has 1 aliphatic rings. The number of carbonyl (C=O) groups excluding carboxylic acids is 1. The number of sulfonamides is 1. The van der Waals surface area contributed by atoms with Crippen LogP contribution in [0.2, 0.25) is 5.02 Å². The van der Waals surface area contributed by atoms with Crippen molar-refractivity contribution in [2.24, 2.45) is 0 Å². The minimum absolute atomic E-state index is 0.0480. The average molecular weight is 542 g/mol. The molecule has 1 amide bonds. The molecule has 1 aromatic heterocycles. The van der Waals surface area contributed by atoms with Crippen LogP contribution in [-0.4, -0.2) is 38.6 Å². The Morgan fingerprint density at radius 3 is 2.58 bits per heavy atom. The van der Waals surface area contributed by atoms with Gasteiger partial charge in [-0.15, -0.1) is 0 Å². The molecule has 186 valence electrons. The number of fused-ring (bicyclic) bond motifs is 1. The van der Waals surface area contributed by atoms with Crippen LogP contribution in [0.15, 0.2) is 71.6 Å². The van der Waals surface area contributed by atoms with E-state index in [4.69, 9.17) is 21.3 Å². The first-order valence-corrected chi connectivity index (χ1v) is 14.2. The summed E-state index contributed by atoms with van der Waals surface area (Å²) < 4.78 is 34.7. The Labute approximate surface area is 218 Å². The van der Waals surface area contributed by atoms with Gasteiger partial charge < -0.3 is 4.74 Å². The van der Waals surface area contributed by atoms with Crippen molar-refractivity contribution in [2.45, 2.75) is 30.8 Å². The molecule has 0 saturated carbocycles. The van der Waals surface area contributed by atoms with Gasteiger partial charge in [0.1, 0.15) is 0 Å². The maximum Gasteiger partial charge on any atom is 0.261 e. The Bertz CT molecular complexity index is 1500. The van der Waals surface area contributed by atoms with Crippen molar-refractivity contribution >= 4 is 59.9 Å². The topological polar surface area (TPSA) is 88.6 Å². The van der Waals surface area contributed by atoms with Crippen LogP contribution < -0.4 is 9.62 Å². The molecule has 1 saturated heterocycles. The Kier molecular flexibility index (Phi) is 6.98. The molecule has 1 fully saturated rings. The van der Waals surface area contributed by atoms with Crippen molar-refractivity contribution in [1.82, 2.24) is 4.98 Å². The summed E-state index contributed by atoms with van der Waals surface area (Å²) in [4.78, 5) is 20.1. The van der Waals surface area contributed by atoms with E-state index in [-0.39, 0.29) is 16.9 Å². The largest absolute Gasteiger partial charge is 0.376 e. The number of thiazole rings is 1. The highest BCUT2D eigenvalue weighted by Crippen LogP contribution is 2.32. The Morgan fingerprint density at radius 1 is 1.14 bits per heavy atom. The number of amides is 1. The zero-order chi connectivity index (χ0) is 25.3. The van der Waals surface area contributed by atoms with Gasteiger partial charge in [-0.05, 0) is 86.0 Å². The van der Waals surface area contributed by atoms with E-state index in [0.29, 0.717) is 34.6 Å². The predicted molar refractivity (Wildman–Crippen MR) is 144 cm³/mol. The van der Waals surface area contributed by atoms with Crippen molar-refractivity contribution in [3.8, 4) is 0 Å². The molecular weight excluding hydrogens is 518 g/mol. The van der Waals surface area contributed by atoms with Gasteiger partial charge in [0.05, 0.1) is 27.8 Å². The first-order valence-electron chi connectivity index (χ1n) is 11.5. The minimum Gasteiger partial charge on any atom is -0.376 e. The lowest BCUT2D eigenvalue weighted by molar-refractivity contribution is 0.0917. The normalized spacial score (nSPS) is 15.8. The molecule has 1 atom stereocenters. The molecule has 1 N–H and O–H groups in total. The number of carbonyl (C=O) groups is 1. The maximum absolute atomic E-state index is 13.6. The van der Waals surface area contributed by atoms with Crippen LogP contribution in [0.25, 0.3) is 10.2 Å². The van der Waals surface area contributed by atoms with E-state index in [9.17, 15) is 13.2 Å². The molecule has 4 aromatic rings. The highest BCUT2D eigenvalue weighted by atomic mass is 35.5. The van der Waals surface area contributed by atoms with E-state index in [1.165, 1.54) is 35.6 Å². The third-order valence-corrected chi connectivity index (χ3v) is 8.62. The van der Waals surface area contributed by atoms with E-state index >= 15 is 0 Å². The lowest BCUT2D eigenvalue weighted by Gasteiger charge is -2.23. The van der Waals surface area contributed by atoms with Crippen LogP contribution in [0.5, 0.6) is 0 Å². The zero-order valence-electron chi connectivity index (χ0n) is 19.5. The van der Waals surface area contributed by atoms with Gasteiger partial charge in [0.2, 0.25) is 0 Å². The standard InChI is InChI=1S/C26H24ClN3O4S2/c1-17-4-13-23-24(15-17)35-26(28-23)30(16-21-3-2-14-34-21)25(31)18-5-9-20(10-6-18)29-36(32,33)22-11-7-19(27)8-12-22/h4-13,15,21,29H,2-3,14,16H2,1H3. The summed E-state index contributed by atoms with van der Waals surface area (Å²) in [5, 5.41) is 1.07. The number of hydrogen-bond acceptors (Lipinski definition) is 6. The Balaban J connectivity index is 1.39. The predicted octanol–water partition coefficient (Wildman–Crippen LogP) is 5.88. The van der Waals surface area contributed by atoms with E-state index in [2.05, 4.69) is 10.8 Å². The summed E-state index contributed by atoms with van der Waals surface area (Å²) in [5.41, 5.74) is 2.75. The van der Waals surface area contributed by atoms with E-state index in [1.54, 1.807) is 29.2 Å². The Morgan fingerprint density at radius 2 is 1.89 bits per heavy atom. The van der Waals surface area contributed by atoms with Crippen LogP contribution in [-0.2, 0) is 14.8 Å². The average Bonchev–Trinajstić information content (AvgIpc) is 3.52. The summed E-state index contributed by atoms with van der Waals surface area (Å²) in [7, 11) is -3.79. The quantitative estimate of drug-likeness (QED) is 0.315. The van der Waals surface area contributed by atoms with Gasteiger partial charge in [0.15, 0.2) is 5.13 Å². The fourth-order valence-electron chi connectivity index (χ4n) is 4.04. The van der Waals surface area contributed by atoms with Gasteiger partial charge in [-0.3, -0.25) is 14.4 Å². The van der Waals surface area contributed by atoms with Crippen molar-refractivity contribution < 1.29 is 17.9 Å². The van der Waals surface area contributed by atoms with Crippen LogP contribution in [0.4, 0.5) is 10.8 Å². The van der Waals surface area contributed by atoms with Crippen LogP contribution in [0, 0.1) is 6.92 Å². The molecule has 5 rings (SSSR count). The lowest BCUT2D eigenvalue weighted by atomic mass is 10.1. The van der Waals surface area contributed by atoms with Crippen LogP contribution in [0.1, 0.15) is 28.8 Å². The molecule has 10 heteroatoms. The number of ether oxygens (including phenoxy) is 1. The van der Waals surface area contributed by atoms with Gasteiger partial charge in [-0.2, -0.15) is 0 Å². The molecule has 3 aromatic carbocycles. The zero-order valence-corrected chi connectivity index (χ0v) is 21.9. The molecular formula is C26H24ClN3O4S2. The number of halogens is 1. The number of nitrogens with one attached hydrogen (secondary N) is 1. The molecule has 2 heterocycles. The third kappa shape index (κ3) is 5.39. The van der Waals surface area contributed by atoms with Crippen molar-refractivity contribution in [3.63, 3.8) is 0 Å². The monoisotopic (exact) mass is 541 g/mol. The van der Waals surface area contributed by atoms with E-state index < -0.39 is 10.0 Å². The number of hydrogen-bond donors (Lipinski definition) is 1. The minimum atomic E-state index is -3.79. The molecule has 7 nitrogen and oxygen atoms in total. The Hall–Kier alpha value is -2.98. The van der Waals surface area contributed by atoms with Crippen molar-refractivity contribution in [1.29, 1.82) is 0 Å². The summed E-state index contributed by atoms with van der Waals surface area (Å²) in [6.07, 6.45) is 1.81. The smallest absolute Gasteiger partial charge is 0.261 e. The van der Waals surface area contributed by atoms with Crippen LogP contribution >= 0.6 is 22.9 Å². The molecule has 0 radical (unpaired) electrons. The molecule has 1 aliphatic heterocycles. The van der Waals surface area contributed by atoms with Gasteiger partial charge in [0.25, 0.3) is 15.9 Å². The second-order valence-electron chi connectivity index (χ2n) is 8.66. The van der Waals surface area contributed by atoms with E-state index in [1.807, 2.05) is 19.1 Å². The molecule has 0 spiro atoms. The fourth-order valence-corrected chi connectivity index (χ4v) is 6.30. The number of anilines is 2. The second-order valence-corrected chi connectivity index (χ2v) is 11.8.